The summed E-state index contributed by atoms with van der Waals surface area (Å²) in [7, 11) is 1.57. The van der Waals surface area contributed by atoms with Gasteiger partial charge in [0.05, 0.1) is 12.6 Å². The Hall–Kier alpha value is -5.40. The van der Waals surface area contributed by atoms with Crippen LogP contribution in [0.3, 0.4) is 0 Å². The van der Waals surface area contributed by atoms with E-state index in [1.54, 1.807) is 44.3 Å². The van der Waals surface area contributed by atoms with E-state index in [4.69, 9.17) is 26.7 Å². The number of hydrogen-bond donors (Lipinski definition) is 5. The first kappa shape index (κ1) is 46.7. The molecule has 12 nitrogen and oxygen atoms in total. The molecule has 0 aromatic heterocycles. The van der Waals surface area contributed by atoms with Gasteiger partial charge in [-0.2, -0.15) is 0 Å². The summed E-state index contributed by atoms with van der Waals surface area (Å²) in [5, 5.41) is 13.2. The van der Waals surface area contributed by atoms with Crippen molar-refractivity contribution >= 4 is 23.4 Å². The molecule has 5 rings (SSSR count). The molecule has 4 aromatic carbocycles. The number of nitrogens with one attached hydrogen (secondary N) is 1. The highest BCUT2D eigenvalue weighted by molar-refractivity contribution is 6.00. The number of benzene rings is 4. The quantitative estimate of drug-likeness (QED) is 0.0720. The maximum absolute atomic E-state index is 14.7. The van der Waals surface area contributed by atoms with Gasteiger partial charge < -0.3 is 42.0 Å². The number of amides is 2. The third-order valence-corrected chi connectivity index (χ3v) is 11.3. The molecule has 0 saturated carbocycles. The minimum atomic E-state index is -1.14. The van der Waals surface area contributed by atoms with Gasteiger partial charge in [0, 0.05) is 61.5 Å². The molecule has 1 aliphatic heterocycles. The fourth-order valence-corrected chi connectivity index (χ4v) is 7.88. The van der Waals surface area contributed by atoms with E-state index < -0.39 is 35.7 Å². The smallest absolute Gasteiger partial charge is 0.226 e. The van der Waals surface area contributed by atoms with Gasteiger partial charge in [-0.25, -0.2) is 0 Å². The van der Waals surface area contributed by atoms with Crippen molar-refractivity contribution in [1.82, 2.24) is 10.2 Å². The van der Waals surface area contributed by atoms with Crippen molar-refractivity contribution in [1.29, 1.82) is 0 Å². The summed E-state index contributed by atoms with van der Waals surface area (Å²) in [4.78, 5) is 58.1. The van der Waals surface area contributed by atoms with Crippen LogP contribution >= 0.6 is 0 Å². The van der Waals surface area contributed by atoms with Crippen LogP contribution in [0.5, 0.6) is 11.5 Å². The normalized spacial score (nSPS) is 17.2. The van der Waals surface area contributed by atoms with Crippen molar-refractivity contribution in [2.45, 2.75) is 77.3 Å². The number of fused-ring (bicyclic) bond motifs is 5. The summed E-state index contributed by atoms with van der Waals surface area (Å²) in [6, 6.07) is 25.0. The van der Waals surface area contributed by atoms with Crippen molar-refractivity contribution in [3.63, 3.8) is 0 Å². The lowest BCUT2D eigenvalue weighted by Crippen LogP contribution is -2.44. The lowest BCUT2D eigenvalue weighted by molar-refractivity contribution is -0.142. The van der Waals surface area contributed by atoms with Crippen LogP contribution in [0.15, 0.2) is 84.9 Å². The van der Waals surface area contributed by atoms with E-state index in [0.29, 0.717) is 59.6 Å². The van der Waals surface area contributed by atoms with Crippen LogP contribution in [-0.2, 0) is 27.2 Å². The Kier molecular flexibility index (Phi) is 17.6. The highest BCUT2D eigenvalue weighted by Crippen LogP contribution is 2.41. The number of aliphatic hydroxyl groups excluding tert-OH is 1. The van der Waals surface area contributed by atoms with Crippen molar-refractivity contribution in [2.75, 3.05) is 46.5 Å². The van der Waals surface area contributed by atoms with Gasteiger partial charge in [0.2, 0.25) is 11.8 Å². The zero-order chi connectivity index (χ0) is 43.9. The Morgan fingerprint density at radius 3 is 2.05 bits per heavy atom. The van der Waals surface area contributed by atoms with E-state index in [9.17, 15) is 24.3 Å². The van der Waals surface area contributed by atoms with Gasteiger partial charge in [0.1, 0.15) is 30.8 Å². The van der Waals surface area contributed by atoms with E-state index in [1.807, 2.05) is 30.3 Å². The number of rotatable bonds is 19. The molecule has 0 radical (unpaired) electrons. The molecule has 0 saturated heterocycles. The zero-order valence-corrected chi connectivity index (χ0v) is 35.9. The number of likely N-dealkylation sites (N-methyl/N-ethyl adjacent to an activating group) is 1. The van der Waals surface area contributed by atoms with Crippen LogP contribution in [0, 0.1) is 11.8 Å². The number of ketones is 2. The number of Topliss-reactive ketones (excluding diaryl/α,β-unsaturated/α-hetero) is 2. The van der Waals surface area contributed by atoms with Crippen LogP contribution in [0.1, 0.15) is 85.5 Å². The molecule has 2 amide bonds. The lowest BCUT2D eigenvalue weighted by atomic mass is 9.88. The van der Waals surface area contributed by atoms with E-state index in [0.717, 1.165) is 36.0 Å². The third-order valence-electron chi connectivity index (χ3n) is 11.3. The molecule has 8 N–H and O–H groups in total. The number of nitrogens with zero attached hydrogens (tertiary/aromatic N) is 1. The fourth-order valence-electron chi connectivity index (χ4n) is 7.88. The van der Waals surface area contributed by atoms with Crippen LogP contribution in [0.4, 0.5) is 0 Å². The van der Waals surface area contributed by atoms with Crippen LogP contribution in [-0.4, -0.2) is 85.9 Å². The fraction of sp³-hybridized carbons (Fsp3) is 0.429. The minimum absolute atomic E-state index is 0.0807. The molecule has 1 heterocycles. The monoisotopic (exact) mass is 833 g/mol. The second-order valence-electron chi connectivity index (χ2n) is 16.0. The number of carbonyl (C=O) groups excluding carboxylic acids is 4. The SMILES string of the molecule is CCCCc1ccc(-c2ccc(C(=O)C[C@@H](CCCN)C(=O)N(C)[C@@H]3C(=O)C[C@@H](C)C(=O)N[C@H](CO)Cc4ccc(OCCN)c(c4)-c4cc3ccc4OCCN)cc2)cc1. The number of nitrogens with two attached hydrogens (primary N) is 3. The van der Waals surface area contributed by atoms with Gasteiger partial charge in [0.25, 0.3) is 0 Å². The number of carbonyl (C=O) groups is 4. The number of ether oxygens (including phenoxy) is 2. The molecule has 4 aromatic rings. The maximum Gasteiger partial charge on any atom is 0.226 e. The number of hydrogen-bond acceptors (Lipinski definition) is 10. The largest absolute Gasteiger partial charge is 0.492 e. The molecule has 326 valence electrons. The first-order valence-electron chi connectivity index (χ1n) is 21.6. The predicted molar refractivity (Wildman–Crippen MR) is 239 cm³/mol. The highest BCUT2D eigenvalue weighted by atomic mass is 16.5. The molecular weight excluding hydrogens is 771 g/mol. The average Bonchev–Trinajstić information content (AvgIpc) is 3.27. The molecule has 0 spiro atoms. The number of aliphatic hydroxyl groups is 1. The van der Waals surface area contributed by atoms with E-state index in [2.05, 4.69) is 36.5 Å². The van der Waals surface area contributed by atoms with Crippen molar-refractivity contribution < 1.29 is 33.8 Å². The lowest BCUT2D eigenvalue weighted by Gasteiger charge is -2.32. The summed E-state index contributed by atoms with van der Waals surface area (Å²) < 4.78 is 12.2. The molecule has 4 atom stereocenters. The summed E-state index contributed by atoms with van der Waals surface area (Å²) in [5.41, 5.74) is 24.0. The number of aryl methyl sites for hydroxylation is 1. The molecule has 0 aliphatic carbocycles. The summed E-state index contributed by atoms with van der Waals surface area (Å²) in [6.07, 6.45) is 4.19. The molecule has 0 fully saturated rings. The molecule has 0 unspecified atom stereocenters. The highest BCUT2D eigenvalue weighted by Gasteiger charge is 2.36. The summed E-state index contributed by atoms with van der Waals surface area (Å²) in [5.74, 6) is -1.91. The molecule has 61 heavy (non-hydrogen) atoms. The van der Waals surface area contributed by atoms with Crippen LogP contribution < -0.4 is 32.0 Å². The summed E-state index contributed by atoms with van der Waals surface area (Å²) in [6.45, 7) is 4.80. The molecule has 1 aliphatic rings. The topological polar surface area (TPSA) is 200 Å². The third kappa shape index (κ3) is 12.3. The minimum Gasteiger partial charge on any atom is -0.492 e. The van der Waals surface area contributed by atoms with Gasteiger partial charge in [-0.1, -0.05) is 80.9 Å². The standard InChI is InChI=1S/C49H63N5O7/c1-4-5-7-33-9-12-35(13-10-33)36-14-16-37(17-15-36)43(56)30-39(8-6-21-50)49(59)54(3)47-38-18-20-46(61-25-23-52)42(29-38)41-28-34(11-19-45(41)60-24-22-51)27-40(31-55)53-48(58)32(2)26-44(47)57/h9-20,28-29,32,39-40,47,55H,4-8,21-27,30-31,50-52H2,1-3H3,(H,53,58)/t32-,39-,40+,47+/m1/s1. The summed E-state index contributed by atoms with van der Waals surface area (Å²) >= 11 is 0. The first-order chi connectivity index (χ1) is 29.5. The predicted octanol–water partition coefficient (Wildman–Crippen LogP) is 5.79. The van der Waals surface area contributed by atoms with E-state index in [-0.39, 0.29) is 57.3 Å². The van der Waals surface area contributed by atoms with Gasteiger partial charge in [-0.3, -0.25) is 19.2 Å². The Balaban J connectivity index is 1.51. The Morgan fingerprint density at radius 1 is 0.820 bits per heavy atom. The van der Waals surface area contributed by atoms with Crippen LogP contribution in [0.25, 0.3) is 22.3 Å². The second kappa shape index (κ2) is 23.0. The van der Waals surface area contributed by atoms with Crippen LogP contribution in [0.2, 0.25) is 0 Å². The van der Waals surface area contributed by atoms with Gasteiger partial charge in [-0.05, 0) is 90.7 Å². The maximum atomic E-state index is 14.7. The molecule has 12 heteroatoms. The van der Waals surface area contributed by atoms with E-state index >= 15 is 0 Å². The number of unbranched alkanes of at least 4 members (excludes halogenated alkanes) is 1. The van der Waals surface area contributed by atoms with Crippen molar-refractivity contribution in [3.8, 4) is 33.8 Å². The average molecular weight is 834 g/mol. The first-order valence-corrected chi connectivity index (χ1v) is 21.6. The Bertz CT molecular complexity index is 2090. The van der Waals surface area contributed by atoms with Gasteiger partial charge >= 0.3 is 0 Å². The Labute approximate surface area is 360 Å². The van der Waals surface area contributed by atoms with Gasteiger partial charge in [0.15, 0.2) is 11.6 Å². The molecule has 4 bridgehead atoms. The van der Waals surface area contributed by atoms with Crippen molar-refractivity contribution in [2.24, 2.45) is 29.0 Å². The second-order valence-corrected chi connectivity index (χ2v) is 16.0. The van der Waals surface area contributed by atoms with Crippen molar-refractivity contribution in [3.05, 3.63) is 107 Å². The van der Waals surface area contributed by atoms with Gasteiger partial charge in [-0.15, -0.1) is 0 Å². The Morgan fingerprint density at radius 2 is 1.44 bits per heavy atom. The zero-order valence-electron chi connectivity index (χ0n) is 35.9. The molecular formula is C49H63N5O7. The van der Waals surface area contributed by atoms with E-state index in [1.165, 1.54) is 10.5 Å².